The van der Waals surface area contributed by atoms with Gasteiger partial charge in [-0.25, -0.2) is 8.42 Å². The van der Waals surface area contributed by atoms with Gasteiger partial charge in [-0.3, -0.25) is 4.79 Å². The summed E-state index contributed by atoms with van der Waals surface area (Å²) in [6.45, 7) is 6.24. The van der Waals surface area contributed by atoms with Crippen LogP contribution in [0.15, 0.2) is 23.1 Å². The predicted octanol–water partition coefficient (Wildman–Crippen LogP) is 3.51. The summed E-state index contributed by atoms with van der Waals surface area (Å²) in [6.07, 6.45) is 6.76. The summed E-state index contributed by atoms with van der Waals surface area (Å²) in [5, 5.41) is 3.23. The SMILES string of the molecule is CCCN1CCC(NC(=O)c2ccc(Cl)c(S(=O)(=O)N3CCCCCC3)c2)CC1. The summed E-state index contributed by atoms with van der Waals surface area (Å²) in [4.78, 5) is 15.2. The van der Waals surface area contributed by atoms with E-state index in [4.69, 9.17) is 11.6 Å². The van der Waals surface area contributed by atoms with Crippen LogP contribution in [-0.2, 0) is 10.0 Å². The van der Waals surface area contributed by atoms with Crippen molar-refractivity contribution in [3.05, 3.63) is 28.8 Å². The van der Waals surface area contributed by atoms with Gasteiger partial charge in [0.05, 0.1) is 5.02 Å². The lowest BCUT2D eigenvalue weighted by Gasteiger charge is -2.32. The quantitative estimate of drug-likeness (QED) is 0.733. The fourth-order valence-electron chi connectivity index (χ4n) is 4.15. The minimum Gasteiger partial charge on any atom is -0.349 e. The number of hydrogen-bond donors (Lipinski definition) is 1. The zero-order valence-corrected chi connectivity index (χ0v) is 18.8. The molecule has 8 heteroatoms. The first kappa shape index (κ1) is 22.5. The van der Waals surface area contributed by atoms with Crippen molar-refractivity contribution in [3.63, 3.8) is 0 Å². The maximum atomic E-state index is 13.1. The van der Waals surface area contributed by atoms with Gasteiger partial charge in [0, 0.05) is 37.8 Å². The number of halogens is 1. The van der Waals surface area contributed by atoms with E-state index in [9.17, 15) is 13.2 Å². The van der Waals surface area contributed by atoms with E-state index in [1.807, 2.05) is 0 Å². The van der Waals surface area contributed by atoms with Crippen molar-refractivity contribution in [3.8, 4) is 0 Å². The summed E-state index contributed by atoms with van der Waals surface area (Å²) < 4.78 is 27.8. The number of nitrogens with one attached hydrogen (secondary N) is 1. The number of carbonyl (C=O) groups is 1. The molecule has 1 N–H and O–H groups in total. The van der Waals surface area contributed by atoms with Crippen LogP contribution in [0.4, 0.5) is 0 Å². The third-order valence-electron chi connectivity index (χ3n) is 5.84. The van der Waals surface area contributed by atoms with Crippen LogP contribution in [0.25, 0.3) is 0 Å². The molecule has 0 aromatic heterocycles. The molecule has 0 aliphatic carbocycles. The molecule has 0 unspecified atom stereocenters. The molecule has 1 amide bonds. The van der Waals surface area contributed by atoms with Gasteiger partial charge in [0.15, 0.2) is 0 Å². The van der Waals surface area contributed by atoms with Gasteiger partial charge in [-0.05, 0) is 56.8 Å². The highest BCUT2D eigenvalue weighted by molar-refractivity contribution is 7.89. The molecule has 0 bridgehead atoms. The highest BCUT2D eigenvalue weighted by atomic mass is 35.5. The first-order valence-electron chi connectivity index (χ1n) is 10.7. The summed E-state index contributed by atoms with van der Waals surface area (Å²) in [7, 11) is -3.70. The molecule has 2 saturated heterocycles. The second-order valence-corrected chi connectivity index (χ2v) is 10.4. The summed E-state index contributed by atoms with van der Waals surface area (Å²) in [6, 6.07) is 4.68. The fourth-order valence-corrected chi connectivity index (χ4v) is 6.17. The molecule has 29 heavy (non-hydrogen) atoms. The minimum atomic E-state index is -3.70. The van der Waals surface area contributed by atoms with Crippen LogP contribution in [0.5, 0.6) is 0 Å². The second-order valence-electron chi connectivity index (χ2n) is 8.05. The maximum Gasteiger partial charge on any atom is 0.251 e. The first-order valence-corrected chi connectivity index (χ1v) is 12.6. The standard InChI is InChI=1S/C21H32ClN3O3S/c1-2-11-24-14-9-18(10-15-24)23-21(26)17-7-8-19(22)20(16-17)29(27,28)25-12-5-3-4-6-13-25/h7-8,16,18H,2-6,9-15H2,1H3,(H,23,26). The summed E-state index contributed by atoms with van der Waals surface area (Å²) >= 11 is 6.24. The number of nitrogens with zero attached hydrogens (tertiary/aromatic N) is 2. The Hall–Kier alpha value is -1.15. The number of hydrogen-bond acceptors (Lipinski definition) is 4. The van der Waals surface area contributed by atoms with Crippen molar-refractivity contribution in [1.29, 1.82) is 0 Å². The molecule has 2 aliphatic rings. The van der Waals surface area contributed by atoms with E-state index in [0.717, 1.165) is 64.6 Å². The van der Waals surface area contributed by atoms with Crippen LogP contribution < -0.4 is 5.32 Å². The smallest absolute Gasteiger partial charge is 0.251 e. The number of amides is 1. The van der Waals surface area contributed by atoms with Crippen LogP contribution in [0.1, 0.15) is 62.2 Å². The van der Waals surface area contributed by atoms with Gasteiger partial charge < -0.3 is 10.2 Å². The van der Waals surface area contributed by atoms with Crippen molar-refractivity contribution < 1.29 is 13.2 Å². The number of piperidine rings is 1. The van der Waals surface area contributed by atoms with Crippen molar-refractivity contribution in [2.75, 3.05) is 32.7 Å². The maximum absolute atomic E-state index is 13.1. The molecule has 0 spiro atoms. The van der Waals surface area contributed by atoms with E-state index in [1.165, 1.54) is 16.4 Å². The molecular weight excluding hydrogens is 410 g/mol. The lowest BCUT2D eigenvalue weighted by Crippen LogP contribution is -2.44. The van der Waals surface area contributed by atoms with E-state index in [2.05, 4.69) is 17.1 Å². The minimum absolute atomic E-state index is 0.0338. The molecule has 3 rings (SSSR count). The highest BCUT2D eigenvalue weighted by Crippen LogP contribution is 2.28. The van der Waals surface area contributed by atoms with Crippen molar-refractivity contribution >= 4 is 27.5 Å². The van der Waals surface area contributed by atoms with Gasteiger partial charge in [0.2, 0.25) is 10.0 Å². The van der Waals surface area contributed by atoms with Crippen LogP contribution >= 0.6 is 11.6 Å². The molecule has 1 aromatic carbocycles. The number of carbonyl (C=O) groups excluding carboxylic acids is 1. The van der Waals surface area contributed by atoms with Gasteiger partial charge in [0.25, 0.3) is 5.91 Å². The zero-order valence-electron chi connectivity index (χ0n) is 17.2. The van der Waals surface area contributed by atoms with Gasteiger partial charge in [-0.1, -0.05) is 31.4 Å². The Morgan fingerprint density at radius 2 is 1.76 bits per heavy atom. The molecule has 0 saturated carbocycles. The van der Waals surface area contributed by atoms with Crippen LogP contribution in [-0.4, -0.2) is 62.3 Å². The largest absolute Gasteiger partial charge is 0.349 e. The summed E-state index contributed by atoms with van der Waals surface area (Å²) in [5.74, 6) is -0.233. The lowest BCUT2D eigenvalue weighted by atomic mass is 10.0. The number of rotatable bonds is 6. The topological polar surface area (TPSA) is 69.7 Å². The van der Waals surface area contributed by atoms with Gasteiger partial charge in [-0.2, -0.15) is 4.31 Å². The normalized spacial score (nSPS) is 20.3. The third-order valence-corrected chi connectivity index (χ3v) is 8.22. The zero-order chi connectivity index (χ0) is 20.9. The van der Waals surface area contributed by atoms with Gasteiger partial charge in [-0.15, -0.1) is 0 Å². The Labute approximate surface area is 179 Å². The second kappa shape index (κ2) is 10.2. The molecule has 0 atom stereocenters. The highest BCUT2D eigenvalue weighted by Gasteiger charge is 2.28. The summed E-state index contributed by atoms with van der Waals surface area (Å²) in [5.41, 5.74) is 0.346. The van der Waals surface area contributed by atoms with E-state index < -0.39 is 10.0 Å². The van der Waals surface area contributed by atoms with Crippen molar-refractivity contribution in [2.45, 2.75) is 62.8 Å². The average molecular weight is 442 g/mol. The molecule has 1 aromatic rings. The Kier molecular flexibility index (Phi) is 7.96. The van der Waals surface area contributed by atoms with Gasteiger partial charge in [0.1, 0.15) is 4.90 Å². The molecule has 0 radical (unpaired) electrons. The first-order chi connectivity index (χ1) is 13.9. The monoisotopic (exact) mass is 441 g/mol. The van der Waals surface area contributed by atoms with E-state index in [1.54, 1.807) is 6.07 Å². The van der Waals surface area contributed by atoms with Crippen LogP contribution in [0, 0.1) is 0 Å². The number of likely N-dealkylation sites (tertiary alicyclic amines) is 1. The van der Waals surface area contributed by atoms with Crippen molar-refractivity contribution in [1.82, 2.24) is 14.5 Å². The Balaban J connectivity index is 1.70. The average Bonchev–Trinajstić information content (AvgIpc) is 3.00. The fraction of sp³-hybridized carbons (Fsp3) is 0.667. The third kappa shape index (κ3) is 5.72. The van der Waals surface area contributed by atoms with Crippen LogP contribution in [0.2, 0.25) is 5.02 Å². The molecule has 6 nitrogen and oxygen atoms in total. The van der Waals surface area contributed by atoms with Crippen molar-refractivity contribution in [2.24, 2.45) is 0 Å². The van der Waals surface area contributed by atoms with E-state index in [0.29, 0.717) is 18.7 Å². The number of sulfonamides is 1. The Morgan fingerprint density at radius 3 is 2.38 bits per heavy atom. The molecule has 2 aliphatic heterocycles. The Bertz CT molecular complexity index is 799. The predicted molar refractivity (Wildman–Crippen MR) is 116 cm³/mol. The molecular formula is C21H32ClN3O3S. The lowest BCUT2D eigenvalue weighted by molar-refractivity contribution is 0.0911. The number of benzene rings is 1. The molecule has 2 heterocycles. The van der Waals surface area contributed by atoms with Gasteiger partial charge >= 0.3 is 0 Å². The van der Waals surface area contributed by atoms with E-state index >= 15 is 0 Å². The Morgan fingerprint density at radius 1 is 1.10 bits per heavy atom. The molecule has 2 fully saturated rings. The molecule has 162 valence electrons. The van der Waals surface area contributed by atoms with Crippen LogP contribution in [0.3, 0.4) is 0 Å². The van der Waals surface area contributed by atoms with E-state index in [-0.39, 0.29) is 21.9 Å².